The van der Waals surface area contributed by atoms with Crippen LogP contribution in [0.3, 0.4) is 0 Å². The lowest BCUT2D eigenvalue weighted by Gasteiger charge is -2.18. The molecule has 1 aliphatic rings. The third kappa shape index (κ3) is 4.43. The summed E-state index contributed by atoms with van der Waals surface area (Å²) in [4.78, 5) is 26.0. The van der Waals surface area contributed by atoms with Crippen LogP contribution in [0.4, 0.5) is 14.5 Å². The molecule has 0 unspecified atom stereocenters. The van der Waals surface area contributed by atoms with Gasteiger partial charge in [0, 0.05) is 10.9 Å². The number of carbonyl (C=O) groups excluding carboxylic acids is 1. The Balaban J connectivity index is 1.86. The Kier molecular flexibility index (Phi) is 6.12. The average Bonchev–Trinajstić information content (AvgIpc) is 3.04. The van der Waals surface area contributed by atoms with Crippen LogP contribution in [0.1, 0.15) is 35.3 Å². The van der Waals surface area contributed by atoms with Crippen LogP contribution in [0.5, 0.6) is 11.5 Å². The highest BCUT2D eigenvalue weighted by molar-refractivity contribution is 6.34. The van der Waals surface area contributed by atoms with Gasteiger partial charge in [-0.15, -0.1) is 0 Å². The van der Waals surface area contributed by atoms with Crippen molar-refractivity contribution in [1.82, 2.24) is 0 Å². The van der Waals surface area contributed by atoms with Gasteiger partial charge >= 0.3 is 12.6 Å². The summed E-state index contributed by atoms with van der Waals surface area (Å²) in [6.07, 6.45) is -0.394. The van der Waals surface area contributed by atoms with Gasteiger partial charge in [0.15, 0.2) is 0 Å². The fraction of sp³-hybridized carbons (Fsp3) is 0.250. The number of carbonyl (C=O) groups is 2. The van der Waals surface area contributed by atoms with E-state index >= 15 is 0 Å². The molecule has 3 aromatic rings. The summed E-state index contributed by atoms with van der Waals surface area (Å²) in [5, 5.41) is 10.0. The topological polar surface area (TPSA) is 76.1 Å². The number of fused-ring (bicyclic) bond motifs is 3. The molecule has 9 heteroatoms. The maximum Gasteiger partial charge on any atom is 0.387 e. The summed E-state index contributed by atoms with van der Waals surface area (Å²) in [6, 6.07) is 11.0. The fourth-order valence-corrected chi connectivity index (χ4v) is 4.30. The van der Waals surface area contributed by atoms with E-state index < -0.39 is 18.5 Å². The van der Waals surface area contributed by atoms with Gasteiger partial charge in [-0.2, -0.15) is 8.78 Å². The Morgan fingerprint density at radius 3 is 2.55 bits per heavy atom. The molecule has 6 nitrogen and oxygen atoms in total. The van der Waals surface area contributed by atoms with Gasteiger partial charge in [0.25, 0.3) is 5.91 Å². The predicted octanol–water partition coefficient (Wildman–Crippen LogP) is 5.67. The Hall–Kier alpha value is -3.39. The maximum atomic E-state index is 13.6. The largest absolute Gasteiger partial charge is 0.491 e. The van der Waals surface area contributed by atoms with Crippen molar-refractivity contribution in [1.29, 1.82) is 0 Å². The van der Waals surface area contributed by atoms with Gasteiger partial charge in [0.2, 0.25) is 0 Å². The zero-order valence-corrected chi connectivity index (χ0v) is 18.5. The first-order chi connectivity index (χ1) is 15.7. The molecule has 0 saturated heterocycles. The molecule has 0 spiro atoms. The van der Waals surface area contributed by atoms with Crippen LogP contribution >= 0.6 is 11.6 Å². The van der Waals surface area contributed by atoms with E-state index in [2.05, 4.69) is 0 Å². The number of hydrogen-bond acceptors (Lipinski definition) is 4. The third-order valence-corrected chi connectivity index (χ3v) is 5.51. The lowest BCUT2D eigenvalue weighted by Crippen LogP contribution is -2.23. The fourth-order valence-electron chi connectivity index (χ4n) is 4.00. The van der Waals surface area contributed by atoms with Crippen LogP contribution in [0.25, 0.3) is 10.8 Å². The number of amides is 1. The van der Waals surface area contributed by atoms with E-state index in [4.69, 9.17) is 26.2 Å². The minimum atomic E-state index is -3.05. The van der Waals surface area contributed by atoms with Gasteiger partial charge in [-0.05, 0) is 49.1 Å². The molecule has 0 radical (unpaired) electrons. The maximum absolute atomic E-state index is 13.6. The van der Waals surface area contributed by atoms with E-state index in [1.165, 1.54) is 17.0 Å². The Morgan fingerprint density at radius 2 is 1.91 bits per heavy atom. The molecule has 1 amide bonds. The Morgan fingerprint density at radius 1 is 1.15 bits per heavy atom. The lowest BCUT2D eigenvalue weighted by atomic mass is 9.98. The van der Waals surface area contributed by atoms with Crippen molar-refractivity contribution in [2.75, 3.05) is 4.90 Å². The van der Waals surface area contributed by atoms with Gasteiger partial charge in [0.1, 0.15) is 11.5 Å². The minimum absolute atomic E-state index is 0.104. The molecule has 1 aliphatic heterocycles. The van der Waals surface area contributed by atoms with Crippen molar-refractivity contribution >= 4 is 39.9 Å². The zero-order chi connectivity index (χ0) is 23.9. The van der Waals surface area contributed by atoms with E-state index in [0.717, 1.165) is 0 Å². The number of rotatable bonds is 7. The molecule has 172 valence electrons. The quantitative estimate of drug-likeness (QED) is 0.476. The van der Waals surface area contributed by atoms with Crippen LogP contribution < -0.4 is 14.4 Å². The number of hydrogen-bond donors (Lipinski definition) is 1. The van der Waals surface area contributed by atoms with E-state index in [9.17, 15) is 18.4 Å². The van der Waals surface area contributed by atoms with Crippen LogP contribution in [0.15, 0.2) is 42.5 Å². The molecule has 1 heterocycles. The predicted molar refractivity (Wildman–Crippen MR) is 120 cm³/mol. The second-order valence-corrected chi connectivity index (χ2v) is 8.28. The van der Waals surface area contributed by atoms with Crippen molar-refractivity contribution in [2.24, 2.45) is 0 Å². The summed E-state index contributed by atoms with van der Waals surface area (Å²) < 4.78 is 36.8. The highest BCUT2D eigenvalue weighted by atomic mass is 35.5. The molecule has 0 atom stereocenters. The number of benzene rings is 3. The summed E-state index contributed by atoms with van der Waals surface area (Å²) >= 11 is 6.40. The summed E-state index contributed by atoms with van der Waals surface area (Å²) in [7, 11) is 0. The number of alkyl halides is 2. The van der Waals surface area contributed by atoms with Gasteiger partial charge in [-0.1, -0.05) is 29.8 Å². The number of halogens is 3. The second-order valence-electron chi connectivity index (χ2n) is 7.88. The van der Waals surface area contributed by atoms with E-state index in [-0.39, 0.29) is 40.8 Å². The molecule has 0 aromatic heterocycles. The molecule has 1 N–H and O–H groups in total. The average molecular weight is 476 g/mol. The number of aliphatic carboxylic acids is 1. The number of anilines is 1. The van der Waals surface area contributed by atoms with E-state index in [1.807, 2.05) is 13.8 Å². The van der Waals surface area contributed by atoms with Crippen molar-refractivity contribution in [3.8, 4) is 11.5 Å². The number of nitrogens with zero attached hydrogens (tertiary/aromatic N) is 1. The number of carboxylic acids is 1. The van der Waals surface area contributed by atoms with Crippen LogP contribution in [-0.4, -0.2) is 29.7 Å². The first-order valence-electron chi connectivity index (χ1n) is 10.2. The van der Waals surface area contributed by atoms with Gasteiger partial charge in [-0.3, -0.25) is 9.59 Å². The highest BCUT2D eigenvalue weighted by Gasteiger charge is 2.36. The summed E-state index contributed by atoms with van der Waals surface area (Å²) in [5.41, 5.74) is 1.62. The summed E-state index contributed by atoms with van der Waals surface area (Å²) in [5.74, 6) is -1.08. The third-order valence-electron chi connectivity index (χ3n) is 5.21. The highest BCUT2D eigenvalue weighted by Crippen LogP contribution is 2.44. The van der Waals surface area contributed by atoms with Crippen LogP contribution in [0, 0.1) is 0 Å². The molecular weight excluding hydrogens is 456 g/mol. The minimum Gasteiger partial charge on any atom is -0.491 e. The van der Waals surface area contributed by atoms with Crippen molar-refractivity contribution in [3.05, 3.63) is 64.2 Å². The van der Waals surface area contributed by atoms with Gasteiger partial charge in [0.05, 0.1) is 35.3 Å². The van der Waals surface area contributed by atoms with Crippen molar-refractivity contribution in [2.45, 2.75) is 39.5 Å². The van der Waals surface area contributed by atoms with Crippen LogP contribution in [-0.2, 0) is 17.8 Å². The summed E-state index contributed by atoms with van der Waals surface area (Å²) in [6.45, 7) is 0.744. The Labute approximate surface area is 193 Å². The van der Waals surface area contributed by atoms with E-state index in [0.29, 0.717) is 28.0 Å². The zero-order valence-electron chi connectivity index (χ0n) is 17.8. The lowest BCUT2D eigenvalue weighted by molar-refractivity contribution is -0.136. The number of ether oxygens (including phenoxy) is 2. The van der Waals surface area contributed by atoms with E-state index in [1.54, 1.807) is 30.3 Å². The van der Waals surface area contributed by atoms with Gasteiger partial charge < -0.3 is 19.5 Å². The number of carboxylic acid groups (broad SMARTS) is 1. The standard InChI is InChI=1S/C24H20ClF2NO5/c1-12(2)32-19-10-14-4-3-5-18(33-24(26)27)21(14)22-15(19)11-28(23(22)31)17-7-6-13(8-16(17)25)9-20(29)30/h3-8,10,12,24H,9,11H2,1-2H3,(H,29,30). The van der Waals surface area contributed by atoms with Crippen molar-refractivity contribution in [3.63, 3.8) is 0 Å². The first-order valence-corrected chi connectivity index (χ1v) is 10.6. The monoisotopic (exact) mass is 475 g/mol. The molecule has 0 bridgehead atoms. The molecule has 3 aromatic carbocycles. The Bertz CT molecular complexity index is 1260. The first kappa shape index (κ1) is 22.8. The molecule has 0 saturated carbocycles. The SMILES string of the molecule is CC(C)Oc1cc2cccc(OC(F)F)c2c2c1CN(c1ccc(CC(=O)O)cc1Cl)C2=O. The smallest absolute Gasteiger partial charge is 0.387 e. The normalized spacial score (nSPS) is 13.2. The molecular formula is C24H20ClF2NO5. The molecule has 4 rings (SSSR count). The second kappa shape index (κ2) is 8.86. The molecule has 0 aliphatic carbocycles. The van der Waals surface area contributed by atoms with Gasteiger partial charge in [-0.25, -0.2) is 0 Å². The molecule has 0 fully saturated rings. The van der Waals surface area contributed by atoms with Crippen molar-refractivity contribution < 1.29 is 33.0 Å². The molecule has 33 heavy (non-hydrogen) atoms. The van der Waals surface area contributed by atoms with Crippen LogP contribution in [0.2, 0.25) is 5.02 Å².